The first-order valence-electron chi connectivity index (χ1n) is 8.94. The number of nitrogens with zero attached hydrogens (tertiary/aromatic N) is 1. The normalized spacial score (nSPS) is 12.4. The van der Waals surface area contributed by atoms with Gasteiger partial charge in [0.15, 0.2) is 16.4 Å². The lowest BCUT2D eigenvalue weighted by Gasteiger charge is -2.05. The average molecular weight is 335 g/mol. The molecular formula is C19H28NO2S+. The fraction of sp³-hybridized carbons (Fsp3) is 0.632. The van der Waals surface area contributed by atoms with Gasteiger partial charge in [0.2, 0.25) is 5.69 Å². The van der Waals surface area contributed by atoms with Crippen molar-refractivity contribution in [1.82, 2.24) is 0 Å². The quantitative estimate of drug-likeness (QED) is 0.287. The number of thioether (sulfide) groups is 1. The van der Waals surface area contributed by atoms with Gasteiger partial charge in [-0.2, -0.15) is 0 Å². The minimum absolute atomic E-state index is 0.00674. The minimum Gasteiger partial charge on any atom is -0.504 e. The Kier molecular flexibility index (Phi) is 7.70. The third-order valence-corrected chi connectivity index (χ3v) is 5.12. The minimum atomic E-state index is -0.0442. The van der Waals surface area contributed by atoms with Gasteiger partial charge in [-0.1, -0.05) is 64.7 Å². The van der Waals surface area contributed by atoms with Crippen molar-refractivity contribution >= 4 is 23.0 Å². The monoisotopic (exact) mass is 334 g/mol. The zero-order valence-corrected chi connectivity index (χ0v) is 14.9. The first-order chi connectivity index (χ1) is 11.2. The van der Waals surface area contributed by atoms with E-state index in [4.69, 9.17) is 0 Å². The Morgan fingerprint density at radius 2 is 1.57 bits per heavy atom. The second-order valence-corrected chi connectivity index (χ2v) is 7.13. The summed E-state index contributed by atoms with van der Waals surface area (Å²) in [5.41, 5.74) is 4.41. The summed E-state index contributed by atoms with van der Waals surface area (Å²) in [6.45, 7) is 2.25. The first kappa shape index (κ1) is 18.1. The Balaban J connectivity index is 1.65. The van der Waals surface area contributed by atoms with Gasteiger partial charge in [0, 0.05) is 11.1 Å². The molecule has 1 aromatic rings. The zero-order chi connectivity index (χ0) is 16.5. The van der Waals surface area contributed by atoms with Crippen LogP contribution >= 0.6 is 11.8 Å². The van der Waals surface area contributed by atoms with E-state index < -0.39 is 0 Å². The summed E-state index contributed by atoms with van der Waals surface area (Å²) in [5.74, 6) is -0.0510. The topological polar surface area (TPSA) is 52.8 Å². The molecule has 1 aliphatic heterocycles. The molecule has 126 valence electrons. The van der Waals surface area contributed by atoms with Crippen LogP contribution in [-0.2, 0) is 6.42 Å². The van der Waals surface area contributed by atoms with Gasteiger partial charge in [-0.25, -0.2) is 0 Å². The first-order valence-corrected chi connectivity index (χ1v) is 9.76. The number of aromatic hydroxyl groups is 2. The number of phenols is 2. The molecule has 0 aromatic heterocycles. The van der Waals surface area contributed by atoms with E-state index in [1.165, 1.54) is 69.5 Å². The van der Waals surface area contributed by atoms with Crippen LogP contribution in [0.15, 0.2) is 16.0 Å². The SMILES string of the molecule is CCCCCCCCCCCCc1c(O)c(O)cc2c1N=[C+]S2. The van der Waals surface area contributed by atoms with E-state index in [1.54, 1.807) is 6.07 Å². The number of phenolic OH excluding ortho intramolecular Hbond substituents is 2. The summed E-state index contributed by atoms with van der Waals surface area (Å²) in [6.07, 6.45) is 13.7. The lowest BCUT2D eigenvalue weighted by atomic mass is 10.0. The van der Waals surface area contributed by atoms with Gasteiger partial charge in [0.25, 0.3) is 5.55 Å². The summed E-state index contributed by atoms with van der Waals surface area (Å²) >= 11 is 1.38. The fourth-order valence-corrected chi connectivity index (χ4v) is 3.69. The summed E-state index contributed by atoms with van der Waals surface area (Å²) in [6, 6.07) is 1.57. The summed E-state index contributed by atoms with van der Waals surface area (Å²) < 4.78 is 0. The van der Waals surface area contributed by atoms with Crippen LogP contribution in [-0.4, -0.2) is 15.8 Å². The molecule has 0 saturated heterocycles. The number of hydrogen-bond donors (Lipinski definition) is 2. The molecule has 0 aliphatic carbocycles. The van der Waals surface area contributed by atoms with E-state index in [0.717, 1.165) is 29.0 Å². The lowest BCUT2D eigenvalue weighted by molar-refractivity contribution is 0.397. The van der Waals surface area contributed by atoms with Crippen molar-refractivity contribution in [2.45, 2.75) is 82.4 Å². The molecule has 0 spiro atoms. The Labute approximate surface area is 144 Å². The fourth-order valence-electron chi connectivity index (χ4n) is 3.02. The van der Waals surface area contributed by atoms with E-state index in [9.17, 15) is 10.2 Å². The predicted molar refractivity (Wildman–Crippen MR) is 98.3 cm³/mol. The smallest absolute Gasteiger partial charge is 0.272 e. The van der Waals surface area contributed by atoms with Crippen LogP contribution in [0.5, 0.6) is 11.5 Å². The van der Waals surface area contributed by atoms with Crippen molar-refractivity contribution in [2.75, 3.05) is 0 Å². The maximum Gasteiger partial charge on any atom is 0.272 e. The predicted octanol–water partition coefficient (Wildman–Crippen LogP) is 6.20. The molecular weight excluding hydrogens is 306 g/mol. The Morgan fingerprint density at radius 1 is 0.957 bits per heavy atom. The molecule has 2 rings (SSSR count). The highest BCUT2D eigenvalue weighted by Crippen LogP contribution is 2.46. The lowest BCUT2D eigenvalue weighted by Crippen LogP contribution is -1.90. The van der Waals surface area contributed by atoms with Crippen LogP contribution in [0.25, 0.3) is 0 Å². The van der Waals surface area contributed by atoms with Gasteiger partial charge < -0.3 is 10.2 Å². The van der Waals surface area contributed by atoms with E-state index in [0.29, 0.717) is 0 Å². The molecule has 2 N–H and O–H groups in total. The van der Waals surface area contributed by atoms with Gasteiger partial charge in [-0.3, -0.25) is 0 Å². The van der Waals surface area contributed by atoms with Crippen molar-refractivity contribution < 1.29 is 10.2 Å². The highest BCUT2D eigenvalue weighted by molar-refractivity contribution is 8.12. The zero-order valence-electron chi connectivity index (χ0n) is 14.1. The van der Waals surface area contributed by atoms with E-state index in [-0.39, 0.29) is 11.5 Å². The van der Waals surface area contributed by atoms with Crippen LogP contribution in [0.2, 0.25) is 0 Å². The van der Waals surface area contributed by atoms with Crippen molar-refractivity contribution in [3.63, 3.8) is 0 Å². The number of unbranched alkanes of at least 4 members (excludes halogenated alkanes) is 9. The van der Waals surface area contributed by atoms with E-state index in [1.807, 2.05) is 0 Å². The Bertz CT molecular complexity index is 529. The molecule has 4 heteroatoms. The molecule has 0 saturated carbocycles. The number of hydrogen-bond acceptors (Lipinski definition) is 4. The summed E-state index contributed by atoms with van der Waals surface area (Å²) in [4.78, 5) is 5.10. The van der Waals surface area contributed by atoms with Gasteiger partial charge in [-0.05, 0) is 12.8 Å². The van der Waals surface area contributed by atoms with Crippen molar-refractivity contribution in [3.05, 3.63) is 11.6 Å². The standard InChI is InChI=1S/C19H27NO2S/c1-2-3-4-5-6-7-8-9-10-11-12-15-18-17(23-14-20-18)13-16(21)19(15)22/h13H,2-12H2,1H3,(H-,21,22)/p+1. The largest absolute Gasteiger partial charge is 0.504 e. The molecule has 1 heterocycles. The average Bonchev–Trinajstić information content (AvgIpc) is 3.00. The highest BCUT2D eigenvalue weighted by atomic mass is 32.2. The van der Waals surface area contributed by atoms with Gasteiger partial charge >= 0.3 is 0 Å². The van der Waals surface area contributed by atoms with Crippen LogP contribution in [0.1, 0.15) is 76.7 Å². The molecule has 0 unspecified atom stereocenters. The molecule has 1 aliphatic rings. The second kappa shape index (κ2) is 9.79. The summed E-state index contributed by atoms with van der Waals surface area (Å²) in [5, 5.41) is 19.9. The molecule has 0 radical (unpaired) electrons. The van der Waals surface area contributed by atoms with Crippen molar-refractivity contribution in [3.8, 4) is 11.5 Å². The number of rotatable bonds is 11. The third-order valence-electron chi connectivity index (χ3n) is 4.41. The molecule has 0 fully saturated rings. The molecule has 1 aromatic carbocycles. The highest BCUT2D eigenvalue weighted by Gasteiger charge is 2.29. The van der Waals surface area contributed by atoms with E-state index >= 15 is 0 Å². The van der Waals surface area contributed by atoms with Crippen LogP contribution in [0.4, 0.5) is 5.69 Å². The number of aliphatic imine (C=N–C) groups is 1. The van der Waals surface area contributed by atoms with Gasteiger partial charge in [0.05, 0.1) is 0 Å². The van der Waals surface area contributed by atoms with Crippen LogP contribution in [0.3, 0.4) is 0 Å². The molecule has 0 amide bonds. The molecule has 0 bridgehead atoms. The van der Waals surface area contributed by atoms with Crippen molar-refractivity contribution in [2.24, 2.45) is 4.99 Å². The summed E-state index contributed by atoms with van der Waals surface area (Å²) in [7, 11) is 0. The van der Waals surface area contributed by atoms with Crippen molar-refractivity contribution in [1.29, 1.82) is 0 Å². The molecule has 23 heavy (non-hydrogen) atoms. The Morgan fingerprint density at radius 3 is 2.22 bits per heavy atom. The van der Waals surface area contributed by atoms with Gasteiger partial charge in [0.1, 0.15) is 17.3 Å². The maximum absolute atomic E-state index is 10.1. The second-order valence-electron chi connectivity index (χ2n) is 6.31. The number of benzene rings is 1. The molecule has 3 nitrogen and oxygen atoms in total. The number of fused-ring (bicyclic) bond motifs is 1. The van der Waals surface area contributed by atoms with Gasteiger partial charge in [-0.15, -0.1) is 0 Å². The Hall–Kier alpha value is -1.25. The third kappa shape index (κ3) is 5.40. The van der Waals surface area contributed by atoms with E-state index in [2.05, 4.69) is 17.5 Å². The van der Waals surface area contributed by atoms with Crippen LogP contribution in [0, 0.1) is 0 Å². The molecule has 0 atom stereocenters. The van der Waals surface area contributed by atoms with Crippen LogP contribution < -0.4 is 0 Å². The maximum atomic E-state index is 10.1.